The van der Waals surface area contributed by atoms with Crippen LogP contribution in [0.5, 0.6) is 0 Å². The molecule has 0 saturated carbocycles. The molecule has 0 atom stereocenters. The first-order valence-electron chi connectivity index (χ1n) is 4.64. The van der Waals surface area contributed by atoms with E-state index in [1.54, 1.807) is 18.2 Å². The second-order valence-electron chi connectivity index (χ2n) is 3.27. The van der Waals surface area contributed by atoms with Crippen molar-refractivity contribution in [1.82, 2.24) is 0 Å². The summed E-state index contributed by atoms with van der Waals surface area (Å²) in [5, 5.41) is 3.47. The molecule has 0 unspecified atom stereocenters. The summed E-state index contributed by atoms with van der Waals surface area (Å²) in [7, 11) is 0. The molecule has 0 heterocycles. The first kappa shape index (κ1) is 13.6. The maximum atomic E-state index is 11.8. The van der Waals surface area contributed by atoms with E-state index in [1.807, 2.05) is 0 Å². The fourth-order valence-electron chi connectivity index (χ4n) is 1.13. The van der Waals surface area contributed by atoms with Crippen molar-refractivity contribution in [2.24, 2.45) is 0 Å². The van der Waals surface area contributed by atoms with Gasteiger partial charge in [-0.25, -0.2) is 0 Å². The molecule has 0 aliphatic rings. The molecule has 1 rings (SSSR count). The normalized spacial score (nSPS) is 11.6. The zero-order valence-corrected chi connectivity index (χ0v) is 10.6. The van der Waals surface area contributed by atoms with Crippen molar-refractivity contribution in [2.45, 2.75) is 19.0 Å². The van der Waals surface area contributed by atoms with Gasteiger partial charge in [0.15, 0.2) is 0 Å². The second kappa shape index (κ2) is 5.77. The predicted octanol–water partition coefficient (Wildman–Crippen LogP) is 4.86. The molecule has 0 aromatic heterocycles. The Hall–Kier alpha value is -0.420. The molecule has 16 heavy (non-hydrogen) atoms. The maximum Gasteiger partial charge on any atom is 0.389 e. The van der Waals surface area contributed by atoms with Gasteiger partial charge in [0.1, 0.15) is 0 Å². The predicted molar refractivity (Wildman–Crippen MR) is 62.9 cm³/mol. The first-order chi connectivity index (χ1) is 7.38. The van der Waals surface area contributed by atoms with Crippen molar-refractivity contribution >= 4 is 33.2 Å². The molecule has 0 aliphatic heterocycles. The van der Waals surface area contributed by atoms with Gasteiger partial charge in [0.25, 0.3) is 0 Å². The summed E-state index contributed by atoms with van der Waals surface area (Å²) in [6, 6.07) is 5.13. The highest BCUT2D eigenvalue weighted by Gasteiger charge is 2.25. The summed E-state index contributed by atoms with van der Waals surface area (Å²) in [4.78, 5) is 0. The molecule has 1 N–H and O–H groups in total. The first-order valence-corrected chi connectivity index (χ1v) is 5.81. The van der Waals surface area contributed by atoms with E-state index in [4.69, 9.17) is 11.6 Å². The molecule has 0 spiro atoms. The van der Waals surface area contributed by atoms with E-state index in [2.05, 4.69) is 21.2 Å². The average Bonchev–Trinajstić information content (AvgIpc) is 2.17. The molecular formula is C10H10BrClF3N. The highest BCUT2D eigenvalue weighted by Crippen LogP contribution is 2.26. The van der Waals surface area contributed by atoms with E-state index < -0.39 is 12.6 Å². The lowest BCUT2D eigenvalue weighted by Crippen LogP contribution is -2.10. The minimum absolute atomic E-state index is 0.0593. The third-order valence-corrected chi connectivity index (χ3v) is 3.10. The maximum absolute atomic E-state index is 11.8. The van der Waals surface area contributed by atoms with Crippen molar-refractivity contribution in [3.05, 3.63) is 27.7 Å². The molecule has 1 nitrogen and oxygen atoms in total. The van der Waals surface area contributed by atoms with E-state index in [1.165, 1.54) is 0 Å². The summed E-state index contributed by atoms with van der Waals surface area (Å²) in [6.45, 7) is 0.285. The molecule has 0 radical (unpaired) electrons. The van der Waals surface area contributed by atoms with E-state index in [0.29, 0.717) is 5.02 Å². The van der Waals surface area contributed by atoms with Crippen LogP contribution >= 0.6 is 27.5 Å². The standard InChI is InChI=1S/C10H10BrClF3N/c11-8-6-7(2-3-9(8)12)16-5-1-4-10(13,14)15/h2-3,6,16H,1,4-5H2. The Kier molecular flexibility index (Phi) is 4.92. The SMILES string of the molecule is FC(F)(F)CCCNc1ccc(Cl)c(Br)c1. The Labute approximate surface area is 105 Å². The number of halogens is 5. The van der Waals surface area contributed by atoms with Crippen molar-refractivity contribution in [2.75, 3.05) is 11.9 Å². The third kappa shape index (κ3) is 5.07. The van der Waals surface area contributed by atoms with Gasteiger partial charge in [-0.3, -0.25) is 0 Å². The monoisotopic (exact) mass is 315 g/mol. The summed E-state index contributed by atoms with van der Waals surface area (Å²) < 4.78 is 36.3. The van der Waals surface area contributed by atoms with E-state index >= 15 is 0 Å². The number of hydrogen-bond donors (Lipinski definition) is 1. The Morgan fingerprint density at radius 3 is 2.56 bits per heavy atom. The van der Waals surface area contributed by atoms with Gasteiger partial charge in [-0.15, -0.1) is 0 Å². The quantitative estimate of drug-likeness (QED) is 0.782. The highest BCUT2D eigenvalue weighted by atomic mass is 79.9. The molecule has 0 amide bonds. The van der Waals surface area contributed by atoms with Gasteiger partial charge in [0.2, 0.25) is 0 Å². The molecule has 0 aliphatic carbocycles. The topological polar surface area (TPSA) is 12.0 Å². The molecule has 0 fully saturated rings. The van der Waals surface area contributed by atoms with Crippen molar-refractivity contribution < 1.29 is 13.2 Å². The zero-order valence-electron chi connectivity index (χ0n) is 8.24. The van der Waals surface area contributed by atoms with Gasteiger partial charge in [-0.1, -0.05) is 11.6 Å². The Morgan fingerprint density at radius 2 is 2.00 bits per heavy atom. The number of anilines is 1. The van der Waals surface area contributed by atoms with Gasteiger partial charge in [-0.05, 0) is 40.5 Å². The van der Waals surface area contributed by atoms with E-state index in [-0.39, 0.29) is 13.0 Å². The van der Waals surface area contributed by atoms with Crippen LogP contribution < -0.4 is 5.32 Å². The molecule has 0 saturated heterocycles. The van der Waals surface area contributed by atoms with Crippen LogP contribution in [0.3, 0.4) is 0 Å². The number of hydrogen-bond acceptors (Lipinski definition) is 1. The van der Waals surface area contributed by atoms with Crippen LogP contribution in [0.2, 0.25) is 5.02 Å². The van der Waals surface area contributed by atoms with Crippen LogP contribution in [0.25, 0.3) is 0 Å². The Morgan fingerprint density at radius 1 is 1.31 bits per heavy atom. The smallest absolute Gasteiger partial charge is 0.385 e. The Balaban J connectivity index is 2.35. The largest absolute Gasteiger partial charge is 0.389 e. The van der Waals surface area contributed by atoms with Crippen molar-refractivity contribution in [1.29, 1.82) is 0 Å². The average molecular weight is 317 g/mol. The fourth-order valence-corrected chi connectivity index (χ4v) is 1.62. The van der Waals surface area contributed by atoms with Gasteiger partial charge in [0.05, 0.1) is 5.02 Å². The number of benzene rings is 1. The van der Waals surface area contributed by atoms with Crippen LogP contribution in [0.1, 0.15) is 12.8 Å². The number of nitrogens with one attached hydrogen (secondary N) is 1. The van der Waals surface area contributed by atoms with Crippen molar-refractivity contribution in [3.63, 3.8) is 0 Å². The highest BCUT2D eigenvalue weighted by molar-refractivity contribution is 9.10. The van der Waals surface area contributed by atoms with Crippen LogP contribution in [-0.2, 0) is 0 Å². The van der Waals surface area contributed by atoms with E-state index in [9.17, 15) is 13.2 Å². The molecule has 6 heteroatoms. The molecule has 1 aromatic carbocycles. The van der Waals surface area contributed by atoms with Crippen LogP contribution in [0, 0.1) is 0 Å². The Bertz CT molecular complexity index is 354. The second-order valence-corrected chi connectivity index (χ2v) is 4.54. The molecule has 0 bridgehead atoms. The van der Waals surface area contributed by atoms with Crippen LogP contribution in [0.4, 0.5) is 18.9 Å². The molecule has 90 valence electrons. The summed E-state index contributed by atoms with van der Waals surface area (Å²) in [5.74, 6) is 0. The summed E-state index contributed by atoms with van der Waals surface area (Å²) >= 11 is 9.01. The lowest BCUT2D eigenvalue weighted by atomic mass is 10.3. The van der Waals surface area contributed by atoms with Gasteiger partial charge < -0.3 is 5.32 Å². The van der Waals surface area contributed by atoms with Gasteiger partial charge in [0, 0.05) is 23.1 Å². The van der Waals surface area contributed by atoms with Crippen molar-refractivity contribution in [3.8, 4) is 0 Å². The summed E-state index contributed by atoms with van der Waals surface area (Å²) in [6.07, 6.45) is -4.79. The van der Waals surface area contributed by atoms with Gasteiger partial charge >= 0.3 is 6.18 Å². The van der Waals surface area contributed by atoms with Gasteiger partial charge in [-0.2, -0.15) is 13.2 Å². The van der Waals surface area contributed by atoms with Crippen LogP contribution in [0.15, 0.2) is 22.7 Å². The summed E-state index contributed by atoms with van der Waals surface area (Å²) in [5.41, 5.74) is 0.749. The minimum Gasteiger partial charge on any atom is -0.385 e. The van der Waals surface area contributed by atoms with E-state index in [0.717, 1.165) is 10.2 Å². The third-order valence-electron chi connectivity index (χ3n) is 1.89. The van der Waals surface area contributed by atoms with Crippen LogP contribution in [-0.4, -0.2) is 12.7 Å². The zero-order chi connectivity index (χ0) is 12.2. The minimum atomic E-state index is -4.08. The molecular weight excluding hydrogens is 306 g/mol. The number of alkyl halides is 3. The lowest BCUT2D eigenvalue weighted by Gasteiger charge is -2.09. The fraction of sp³-hybridized carbons (Fsp3) is 0.400. The number of rotatable bonds is 4. The molecule has 1 aromatic rings. The lowest BCUT2D eigenvalue weighted by molar-refractivity contribution is -0.134.